The number of hydrogen-bond acceptors (Lipinski definition) is 4. The largest absolute Gasteiger partial charge is 0.480 e. The summed E-state index contributed by atoms with van der Waals surface area (Å²) >= 11 is 0. The summed E-state index contributed by atoms with van der Waals surface area (Å²) in [7, 11) is 4.02. The summed E-state index contributed by atoms with van der Waals surface area (Å²) < 4.78 is 0. The van der Waals surface area contributed by atoms with Gasteiger partial charge in [0.2, 0.25) is 0 Å². The maximum atomic E-state index is 12.2. The lowest BCUT2D eigenvalue weighted by Gasteiger charge is -2.37. The van der Waals surface area contributed by atoms with E-state index >= 15 is 0 Å². The molecule has 3 N–H and O–H groups in total. The quantitative estimate of drug-likeness (QED) is 0.684. The Kier molecular flexibility index (Phi) is 4.73. The number of carboxylic acids is 1. The summed E-state index contributed by atoms with van der Waals surface area (Å²) in [6, 6.07) is -1.33. The number of carbonyl (C=O) groups is 2. The van der Waals surface area contributed by atoms with Crippen LogP contribution in [0, 0.1) is 0 Å². The van der Waals surface area contributed by atoms with Gasteiger partial charge in [0.25, 0.3) is 0 Å². The lowest BCUT2D eigenvalue weighted by Crippen LogP contribution is -2.54. The van der Waals surface area contributed by atoms with E-state index in [1.165, 1.54) is 4.90 Å². The van der Waals surface area contributed by atoms with Crippen LogP contribution in [0.4, 0.5) is 4.79 Å². The van der Waals surface area contributed by atoms with Crippen molar-refractivity contribution in [2.24, 2.45) is 0 Å². The molecule has 1 aliphatic carbocycles. The molecule has 2 aliphatic rings. The molecule has 0 bridgehead atoms. The number of aliphatic hydroxyl groups is 1. The summed E-state index contributed by atoms with van der Waals surface area (Å²) in [5.74, 6) is -1.06. The van der Waals surface area contributed by atoms with E-state index in [0.717, 1.165) is 25.7 Å². The smallest absolute Gasteiger partial charge is 0.326 e. The number of aliphatic hydroxyl groups excluding tert-OH is 1. The zero-order chi connectivity index (χ0) is 15.6. The Balaban J connectivity index is 1.96. The van der Waals surface area contributed by atoms with Crippen LogP contribution in [0.25, 0.3) is 0 Å². The van der Waals surface area contributed by atoms with E-state index in [-0.39, 0.29) is 18.5 Å². The molecule has 21 heavy (non-hydrogen) atoms. The monoisotopic (exact) mass is 299 g/mol. The fourth-order valence-corrected chi connectivity index (χ4v) is 3.43. The first-order chi connectivity index (χ1) is 9.85. The van der Waals surface area contributed by atoms with Gasteiger partial charge in [0.05, 0.1) is 6.10 Å². The second kappa shape index (κ2) is 6.19. The topological polar surface area (TPSA) is 93.1 Å². The highest BCUT2D eigenvalue weighted by molar-refractivity contribution is 5.83. The zero-order valence-electron chi connectivity index (χ0n) is 12.7. The Morgan fingerprint density at radius 2 is 1.95 bits per heavy atom. The molecule has 2 atom stereocenters. The van der Waals surface area contributed by atoms with E-state index in [9.17, 15) is 14.7 Å². The number of hydrogen-bond donors (Lipinski definition) is 3. The van der Waals surface area contributed by atoms with Gasteiger partial charge >= 0.3 is 12.0 Å². The van der Waals surface area contributed by atoms with Crippen molar-refractivity contribution >= 4 is 12.0 Å². The van der Waals surface area contributed by atoms with Crippen LogP contribution in [0.2, 0.25) is 0 Å². The zero-order valence-corrected chi connectivity index (χ0v) is 12.7. The third kappa shape index (κ3) is 3.29. The summed E-state index contributed by atoms with van der Waals surface area (Å²) in [5.41, 5.74) is -0.0350. The van der Waals surface area contributed by atoms with Crippen LogP contribution in [0.1, 0.15) is 32.1 Å². The van der Waals surface area contributed by atoms with Crippen molar-refractivity contribution in [3.63, 3.8) is 0 Å². The summed E-state index contributed by atoms with van der Waals surface area (Å²) in [4.78, 5) is 26.8. The molecule has 7 nitrogen and oxygen atoms in total. The predicted molar refractivity (Wildman–Crippen MR) is 77.0 cm³/mol. The molecular weight excluding hydrogens is 274 g/mol. The van der Waals surface area contributed by atoms with Crippen molar-refractivity contribution in [1.82, 2.24) is 15.1 Å². The van der Waals surface area contributed by atoms with Crippen LogP contribution in [-0.2, 0) is 4.79 Å². The second-order valence-electron chi connectivity index (χ2n) is 6.38. The normalized spacial score (nSPS) is 28.1. The summed E-state index contributed by atoms with van der Waals surface area (Å²) in [5, 5.41) is 21.6. The van der Waals surface area contributed by atoms with E-state index in [4.69, 9.17) is 5.11 Å². The highest BCUT2D eigenvalue weighted by Crippen LogP contribution is 2.33. The number of likely N-dealkylation sites (tertiary alicyclic amines) is 1. The molecule has 1 saturated heterocycles. The number of β-amino-alcohol motifs (C(OH)–C–C–N with tert-alkyl or cyclic N) is 1. The maximum absolute atomic E-state index is 12.2. The van der Waals surface area contributed by atoms with Crippen molar-refractivity contribution in [2.45, 2.75) is 49.8 Å². The lowest BCUT2D eigenvalue weighted by molar-refractivity contribution is -0.141. The van der Waals surface area contributed by atoms with Gasteiger partial charge in [-0.1, -0.05) is 12.8 Å². The Labute approximate surface area is 124 Å². The van der Waals surface area contributed by atoms with Gasteiger partial charge in [0, 0.05) is 25.0 Å². The Bertz CT molecular complexity index is 407. The van der Waals surface area contributed by atoms with Crippen LogP contribution in [0.5, 0.6) is 0 Å². The molecule has 0 spiro atoms. The molecule has 1 aliphatic heterocycles. The SMILES string of the molecule is CN(C)C1(CNC(=O)N2C[C@H](O)C[C@H]2C(=O)O)CCCC1. The van der Waals surface area contributed by atoms with Gasteiger partial charge in [0.15, 0.2) is 0 Å². The second-order valence-corrected chi connectivity index (χ2v) is 6.38. The molecule has 7 heteroatoms. The molecule has 1 heterocycles. The number of likely N-dealkylation sites (N-methyl/N-ethyl adjacent to an activating group) is 1. The van der Waals surface area contributed by atoms with E-state index in [2.05, 4.69) is 10.2 Å². The molecule has 0 radical (unpaired) electrons. The number of urea groups is 1. The van der Waals surface area contributed by atoms with E-state index in [0.29, 0.717) is 6.54 Å². The molecule has 0 aromatic carbocycles. The molecule has 1 saturated carbocycles. The standard InChI is InChI=1S/C14H25N3O4/c1-16(2)14(5-3-4-6-14)9-15-13(21)17-8-10(18)7-11(17)12(19)20/h10-11,18H,3-9H2,1-2H3,(H,15,21)(H,19,20)/t10-,11+/m1/s1. The van der Waals surface area contributed by atoms with Gasteiger partial charge in [-0.2, -0.15) is 0 Å². The van der Waals surface area contributed by atoms with Gasteiger partial charge in [0.1, 0.15) is 6.04 Å². The predicted octanol–water partition coefficient (Wildman–Crippen LogP) is 0.0902. The molecule has 0 unspecified atom stereocenters. The average Bonchev–Trinajstić information content (AvgIpc) is 3.03. The first kappa shape index (κ1) is 16.0. The van der Waals surface area contributed by atoms with Crippen molar-refractivity contribution in [3.05, 3.63) is 0 Å². The lowest BCUT2D eigenvalue weighted by atomic mass is 9.96. The van der Waals surface area contributed by atoms with Crippen molar-refractivity contribution < 1.29 is 19.8 Å². The first-order valence-corrected chi connectivity index (χ1v) is 7.48. The molecule has 0 aromatic heterocycles. The molecule has 2 rings (SSSR count). The summed E-state index contributed by atoms with van der Waals surface area (Å²) in [6.45, 7) is 0.593. The van der Waals surface area contributed by atoms with Crippen LogP contribution in [0.3, 0.4) is 0 Å². The van der Waals surface area contributed by atoms with Gasteiger partial charge in [-0.15, -0.1) is 0 Å². The number of nitrogens with one attached hydrogen (secondary N) is 1. The Morgan fingerprint density at radius 1 is 1.33 bits per heavy atom. The molecule has 2 amide bonds. The number of rotatable bonds is 4. The van der Waals surface area contributed by atoms with E-state index in [1.54, 1.807) is 0 Å². The fourth-order valence-electron chi connectivity index (χ4n) is 3.43. The van der Waals surface area contributed by atoms with Gasteiger partial charge in [-0.3, -0.25) is 0 Å². The minimum Gasteiger partial charge on any atom is -0.480 e. The average molecular weight is 299 g/mol. The third-order valence-corrected chi connectivity index (χ3v) is 4.88. The number of carbonyl (C=O) groups excluding carboxylic acids is 1. The number of nitrogens with zero attached hydrogens (tertiary/aromatic N) is 2. The van der Waals surface area contributed by atoms with Crippen LogP contribution >= 0.6 is 0 Å². The Morgan fingerprint density at radius 3 is 2.48 bits per heavy atom. The van der Waals surface area contributed by atoms with E-state index in [1.807, 2.05) is 14.1 Å². The van der Waals surface area contributed by atoms with Crippen molar-refractivity contribution in [1.29, 1.82) is 0 Å². The summed E-state index contributed by atoms with van der Waals surface area (Å²) in [6.07, 6.45) is 3.70. The van der Waals surface area contributed by atoms with Gasteiger partial charge in [-0.25, -0.2) is 9.59 Å². The minimum absolute atomic E-state index is 0.0350. The minimum atomic E-state index is -1.06. The van der Waals surface area contributed by atoms with Gasteiger partial charge in [-0.05, 0) is 26.9 Å². The van der Waals surface area contributed by atoms with Gasteiger partial charge < -0.3 is 25.3 Å². The number of aliphatic carboxylic acids is 1. The molecule has 120 valence electrons. The van der Waals surface area contributed by atoms with E-state index < -0.39 is 24.1 Å². The molecular formula is C14H25N3O4. The highest BCUT2D eigenvalue weighted by atomic mass is 16.4. The highest BCUT2D eigenvalue weighted by Gasteiger charge is 2.41. The van der Waals surface area contributed by atoms with Crippen LogP contribution in [-0.4, -0.2) is 76.9 Å². The fraction of sp³-hybridized carbons (Fsp3) is 0.857. The third-order valence-electron chi connectivity index (χ3n) is 4.88. The number of amides is 2. The van der Waals surface area contributed by atoms with Crippen LogP contribution in [0.15, 0.2) is 0 Å². The molecule has 0 aromatic rings. The number of carboxylic acid groups (broad SMARTS) is 1. The Hall–Kier alpha value is -1.34. The van der Waals surface area contributed by atoms with Crippen molar-refractivity contribution in [2.75, 3.05) is 27.2 Å². The molecule has 2 fully saturated rings. The van der Waals surface area contributed by atoms with Crippen molar-refractivity contribution in [3.8, 4) is 0 Å². The maximum Gasteiger partial charge on any atom is 0.326 e. The first-order valence-electron chi connectivity index (χ1n) is 7.48. The van der Waals surface area contributed by atoms with Crippen LogP contribution < -0.4 is 5.32 Å².